The van der Waals surface area contributed by atoms with Crippen molar-refractivity contribution in [3.63, 3.8) is 0 Å². The van der Waals surface area contributed by atoms with E-state index in [1.807, 2.05) is 37.3 Å². The average Bonchev–Trinajstić information content (AvgIpc) is 2.71. The van der Waals surface area contributed by atoms with Gasteiger partial charge in [-0.15, -0.1) is 0 Å². The van der Waals surface area contributed by atoms with Crippen LogP contribution in [-0.2, 0) is 30.8 Å². The molecule has 0 unspecified atom stereocenters. The van der Waals surface area contributed by atoms with Gasteiger partial charge in [0.05, 0.1) is 12.0 Å². The van der Waals surface area contributed by atoms with E-state index < -0.39 is 34.0 Å². The molecule has 162 valence electrons. The fourth-order valence-electron chi connectivity index (χ4n) is 2.89. The molecular formula is C22H28N2O5S. The van der Waals surface area contributed by atoms with E-state index in [2.05, 4.69) is 10.0 Å². The maximum atomic E-state index is 12.9. The SMILES string of the molecule is COC(=O)[C@H](Cc1ccccc1)NC(=O)[C@@H](NS(=O)(=O)c1ccc(C)cc1)C(C)C. The summed E-state index contributed by atoms with van der Waals surface area (Å²) in [5.74, 6) is -1.54. The molecule has 2 aromatic carbocycles. The van der Waals surface area contributed by atoms with Gasteiger partial charge >= 0.3 is 5.97 Å². The van der Waals surface area contributed by atoms with E-state index in [9.17, 15) is 18.0 Å². The highest BCUT2D eigenvalue weighted by Crippen LogP contribution is 2.14. The van der Waals surface area contributed by atoms with Crippen LogP contribution in [0.25, 0.3) is 0 Å². The fourth-order valence-corrected chi connectivity index (χ4v) is 4.24. The Balaban J connectivity index is 2.20. The molecule has 0 aliphatic heterocycles. The molecule has 2 atom stereocenters. The summed E-state index contributed by atoms with van der Waals surface area (Å²) in [6.07, 6.45) is 0.231. The number of benzene rings is 2. The van der Waals surface area contributed by atoms with Gasteiger partial charge < -0.3 is 10.1 Å². The monoisotopic (exact) mass is 432 g/mol. The van der Waals surface area contributed by atoms with Crippen LogP contribution in [0, 0.1) is 12.8 Å². The highest BCUT2D eigenvalue weighted by molar-refractivity contribution is 7.89. The summed E-state index contributed by atoms with van der Waals surface area (Å²) < 4.78 is 32.8. The number of sulfonamides is 1. The number of hydrogen-bond acceptors (Lipinski definition) is 5. The van der Waals surface area contributed by atoms with Crippen LogP contribution in [0.2, 0.25) is 0 Å². The van der Waals surface area contributed by atoms with Crippen molar-refractivity contribution in [3.05, 3.63) is 65.7 Å². The van der Waals surface area contributed by atoms with Gasteiger partial charge in [0.25, 0.3) is 0 Å². The standard InChI is InChI=1S/C22H28N2O5S/c1-15(2)20(24-30(27,28)18-12-10-16(3)11-13-18)21(25)23-19(22(26)29-4)14-17-8-6-5-7-9-17/h5-13,15,19-20,24H,14H2,1-4H3,(H,23,25)/t19-,20-/m0/s1. The van der Waals surface area contributed by atoms with Gasteiger partial charge in [0, 0.05) is 6.42 Å². The molecule has 0 spiro atoms. The van der Waals surface area contributed by atoms with E-state index in [-0.39, 0.29) is 17.2 Å². The molecule has 0 aliphatic carbocycles. The zero-order valence-corrected chi connectivity index (χ0v) is 18.4. The molecule has 0 saturated heterocycles. The van der Waals surface area contributed by atoms with Crippen molar-refractivity contribution in [3.8, 4) is 0 Å². The number of esters is 1. The van der Waals surface area contributed by atoms with Gasteiger partial charge in [0.2, 0.25) is 15.9 Å². The summed E-state index contributed by atoms with van der Waals surface area (Å²) >= 11 is 0. The predicted molar refractivity (Wildman–Crippen MR) is 114 cm³/mol. The zero-order chi connectivity index (χ0) is 22.3. The van der Waals surface area contributed by atoms with E-state index in [4.69, 9.17) is 4.74 Å². The number of rotatable bonds is 9. The number of methoxy groups -OCH3 is 1. The van der Waals surface area contributed by atoms with Crippen LogP contribution in [0.3, 0.4) is 0 Å². The Morgan fingerprint density at radius 2 is 1.60 bits per heavy atom. The lowest BCUT2D eigenvalue weighted by molar-refractivity contribution is -0.145. The molecule has 0 heterocycles. The smallest absolute Gasteiger partial charge is 0.328 e. The van der Waals surface area contributed by atoms with Crippen LogP contribution in [0.15, 0.2) is 59.5 Å². The first kappa shape index (κ1) is 23.6. The number of nitrogens with one attached hydrogen (secondary N) is 2. The molecule has 30 heavy (non-hydrogen) atoms. The topological polar surface area (TPSA) is 102 Å². The largest absolute Gasteiger partial charge is 0.467 e. The Morgan fingerprint density at radius 3 is 2.13 bits per heavy atom. The summed E-state index contributed by atoms with van der Waals surface area (Å²) in [5.41, 5.74) is 1.77. The normalized spacial score (nSPS) is 13.5. The minimum absolute atomic E-state index is 0.0698. The van der Waals surface area contributed by atoms with Gasteiger partial charge in [-0.25, -0.2) is 13.2 Å². The molecule has 2 N–H and O–H groups in total. The Bertz CT molecular complexity index is 957. The third-order valence-electron chi connectivity index (χ3n) is 4.65. The van der Waals surface area contributed by atoms with Crippen molar-refractivity contribution in [2.75, 3.05) is 7.11 Å². The first-order valence-electron chi connectivity index (χ1n) is 9.65. The number of amides is 1. The predicted octanol–water partition coefficient (Wildman–Crippen LogP) is 2.20. The van der Waals surface area contributed by atoms with Crippen molar-refractivity contribution < 1.29 is 22.7 Å². The van der Waals surface area contributed by atoms with E-state index in [1.54, 1.807) is 26.0 Å². The third kappa shape index (κ3) is 6.40. The van der Waals surface area contributed by atoms with Crippen LogP contribution in [0.5, 0.6) is 0 Å². The van der Waals surface area contributed by atoms with Crippen molar-refractivity contribution in [2.45, 2.75) is 44.2 Å². The minimum atomic E-state index is -3.91. The lowest BCUT2D eigenvalue weighted by atomic mass is 10.0. The second-order valence-corrected chi connectivity index (χ2v) is 9.14. The molecule has 7 nitrogen and oxygen atoms in total. The van der Waals surface area contributed by atoms with Crippen LogP contribution < -0.4 is 10.0 Å². The molecule has 0 bridgehead atoms. The van der Waals surface area contributed by atoms with Gasteiger partial charge in [0.1, 0.15) is 12.1 Å². The number of carbonyl (C=O) groups excluding carboxylic acids is 2. The number of carbonyl (C=O) groups is 2. The molecule has 0 aromatic heterocycles. The Morgan fingerprint density at radius 1 is 1.00 bits per heavy atom. The molecule has 1 amide bonds. The summed E-state index contributed by atoms with van der Waals surface area (Å²) in [4.78, 5) is 25.2. The number of hydrogen-bond donors (Lipinski definition) is 2. The van der Waals surface area contributed by atoms with Gasteiger partial charge in [-0.1, -0.05) is 61.9 Å². The maximum Gasteiger partial charge on any atom is 0.328 e. The molecule has 0 radical (unpaired) electrons. The van der Waals surface area contributed by atoms with E-state index in [1.165, 1.54) is 19.2 Å². The summed E-state index contributed by atoms with van der Waals surface area (Å²) in [7, 11) is -2.67. The highest BCUT2D eigenvalue weighted by Gasteiger charge is 2.31. The van der Waals surface area contributed by atoms with Gasteiger partial charge in [-0.2, -0.15) is 4.72 Å². The van der Waals surface area contributed by atoms with Crippen LogP contribution in [-0.4, -0.2) is 39.5 Å². The highest BCUT2D eigenvalue weighted by atomic mass is 32.2. The van der Waals surface area contributed by atoms with Crippen LogP contribution >= 0.6 is 0 Å². The van der Waals surface area contributed by atoms with Crippen LogP contribution in [0.4, 0.5) is 0 Å². The lowest BCUT2D eigenvalue weighted by Gasteiger charge is -2.24. The average molecular weight is 433 g/mol. The van der Waals surface area contributed by atoms with Gasteiger partial charge in [0.15, 0.2) is 0 Å². The second-order valence-electron chi connectivity index (χ2n) is 7.43. The number of ether oxygens (including phenoxy) is 1. The Labute approximate surface area is 177 Å². The Kier molecular flexibility index (Phi) is 8.14. The lowest BCUT2D eigenvalue weighted by Crippen LogP contribution is -2.54. The molecule has 2 rings (SSSR count). The number of aryl methyl sites for hydroxylation is 1. The third-order valence-corrected chi connectivity index (χ3v) is 6.10. The maximum absolute atomic E-state index is 12.9. The van der Waals surface area contributed by atoms with Gasteiger partial charge in [-0.3, -0.25) is 4.79 Å². The Hall–Kier alpha value is -2.71. The van der Waals surface area contributed by atoms with Crippen molar-refractivity contribution in [2.24, 2.45) is 5.92 Å². The molecule has 2 aromatic rings. The van der Waals surface area contributed by atoms with Gasteiger partial charge in [-0.05, 0) is 30.5 Å². The summed E-state index contributed by atoms with van der Waals surface area (Å²) in [6.45, 7) is 5.31. The van der Waals surface area contributed by atoms with E-state index >= 15 is 0 Å². The molecule has 0 aliphatic rings. The quantitative estimate of drug-likeness (QED) is 0.592. The molecular weight excluding hydrogens is 404 g/mol. The second kappa shape index (κ2) is 10.4. The zero-order valence-electron chi connectivity index (χ0n) is 17.6. The summed E-state index contributed by atoms with van der Waals surface area (Å²) in [5, 5.41) is 2.64. The molecule has 8 heteroatoms. The minimum Gasteiger partial charge on any atom is -0.467 e. The van der Waals surface area contributed by atoms with Crippen molar-refractivity contribution in [1.29, 1.82) is 0 Å². The van der Waals surface area contributed by atoms with E-state index in [0.29, 0.717) is 0 Å². The van der Waals surface area contributed by atoms with Crippen molar-refractivity contribution in [1.82, 2.24) is 10.0 Å². The molecule has 0 saturated carbocycles. The van der Waals surface area contributed by atoms with E-state index in [0.717, 1.165) is 11.1 Å². The molecule has 0 fully saturated rings. The fraction of sp³-hybridized carbons (Fsp3) is 0.364. The van der Waals surface area contributed by atoms with Crippen molar-refractivity contribution >= 4 is 21.9 Å². The summed E-state index contributed by atoms with van der Waals surface area (Å²) in [6, 6.07) is 13.5. The first-order valence-corrected chi connectivity index (χ1v) is 11.1. The van der Waals surface area contributed by atoms with Crippen LogP contribution in [0.1, 0.15) is 25.0 Å². The first-order chi connectivity index (χ1) is 14.1.